The second-order valence-corrected chi connectivity index (χ2v) is 7.71. The van der Waals surface area contributed by atoms with Crippen molar-refractivity contribution in [1.82, 2.24) is 4.98 Å². The highest BCUT2D eigenvalue weighted by atomic mass is 32.2. The first-order valence-electron chi connectivity index (χ1n) is 8.81. The standard InChI is InChI=1S/C21H19N3O2S/c25-21(23-18-11-13-22-14-12-18)17-7-9-19(10-8-17)27(26)24-15-3-5-16-4-1-2-6-20(16)24/h1-2,4,6-14H,3,5,15H2,(H,22,23,25). The number of amides is 1. The largest absolute Gasteiger partial charge is 0.588 e. The third-order valence-electron chi connectivity index (χ3n) is 4.52. The molecule has 0 spiro atoms. The number of para-hydroxylation sites is 1. The Morgan fingerprint density at radius 1 is 1.04 bits per heavy atom. The SMILES string of the molecule is O=C(Nc1ccncc1)c1ccc([S+]([O-])N2CCCc3ccccc32)cc1. The molecule has 1 amide bonds. The van der Waals surface area contributed by atoms with Gasteiger partial charge in [-0.15, -0.1) is 0 Å². The summed E-state index contributed by atoms with van der Waals surface area (Å²) in [6.07, 6.45) is 5.24. The number of hydrogen-bond donors (Lipinski definition) is 1. The number of carbonyl (C=O) groups excluding carboxylic acids is 1. The molecule has 1 atom stereocenters. The summed E-state index contributed by atoms with van der Waals surface area (Å²) in [6, 6.07) is 18.5. The van der Waals surface area contributed by atoms with Crippen molar-refractivity contribution in [2.75, 3.05) is 16.2 Å². The lowest BCUT2D eigenvalue weighted by atomic mass is 10.0. The zero-order valence-electron chi connectivity index (χ0n) is 14.7. The van der Waals surface area contributed by atoms with Gasteiger partial charge < -0.3 is 9.87 Å². The maximum Gasteiger partial charge on any atom is 0.255 e. The molecule has 5 nitrogen and oxygen atoms in total. The Morgan fingerprint density at radius 3 is 2.56 bits per heavy atom. The van der Waals surface area contributed by atoms with Crippen LogP contribution in [-0.2, 0) is 17.8 Å². The van der Waals surface area contributed by atoms with Crippen LogP contribution in [-0.4, -0.2) is 22.0 Å². The van der Waals surface area contributed by atoms with Crippen LogP contribution in [0.15, 0.2) is 78.0 Å². The number of aryl methyl sites for hydroxylation is 1. The Balaban J connectivity index is 1.50. The molecule has 1 N–H and O–H groups in total. The minimum atomic E-state index is -1.30. The van der Waals surface area contributed by atoms with Gasteiger partial charge in [-0.25, -0.2) is 0 Å². The Morgan fingerprint density at radius 2 is 1.78 bits per heavy atom. The summed E-state index contributed by atoms with van der Waals surface area (Å²) in [6.45, 7) is 0.758. The summed E-state index contributed by atoms with van der Waals surface area (Å²) in [5, 5.41) is 2.82. The molecular formula is C21H19N3O2S. The van der Waals surface area contributed by atoms with Crippen LogP contribution in [0.1, 0.15) is 22.3 Å². The summed E-state index contributed by atoms with van der Waals surface area (Å²) in [5.74, 6) is -0.207. The van der Waals surface area contributed by atoms with Gasteiger partial charge in [-0.2, -0.15) is 4.31 Å². The summed E-state index contributed by atoms with van der Waals surface area (Å²) in [5.41, 5.74) is 3.46. The molecule has 1 unspecified atom stereocenters. The number of nitrogens with one attached hydrogen (secondary N) is 1. The number of hydrogen-bond acceptors (Lipinski definition) is 4. The number of aromatic nitrogens is 1. The Kier molecular flexibility index (Phi) is 5.09. The van der Waals surface area contributed by atoms with Gasteiger partial charge in [0.1, 0.15) is 11.4 Å². The summed E-state index contributed by atoms with van der Waals surface area (Å²) < 4.78 is 15.0. The lowest BCUT2D eigenvalue weighted by molar-refractivity contribution is 0.102. The molecule has 1 aromatic heterocycles. The van der Waals surface area contributed by atoms with Crippen LogP contribution in [0.25, 0.3) is 0 Å². The van der Waals surface area contributed by atoms with E-state index in [1.54, 1.807) is 48.8 Å². The average Bonchev–Trinajstić information content (AvgIpc) is 2.73. The number of carbonyl (C=O) groups is 1. The van der Waals surface area contributed by atoms with E-state index in [4.69, 9.17) is 0 Å². The van der Waals surface area contributed by atoms with Gasteiger partial charge in [0.25, 0.3) is 5.91 Å². The molecule has 0 fully saturated rings. The van der Waals surface area contributed by atoms with Crippen molar-refractivity contribution in [2.24, 2.45) is 0 Å². The fourth-order valence-corrected chi connectivity index (χ4v) is 4.43. The third-order valence-corrected chi connectivity index (χ3v) is 5.98. The minimum Gasteiger partial charge on any atom is -0.588 e. The van der Waals surface area contributed by atoms with Crippen molar-refractivity contribution in [3.05, 3.63) is 84.2 Å². The van der Waals surface area contributed by atoms with Crippen molar-refractivity contribution >= 4 is 28.6 Å². The van der Waals surface area contributed by atoms with E-state index in [1.165, 1.54) is 5.56 Å². The highest BCUT2D eigenvalue weighted by molar-refractivity contribution is 7.92. The van der Waals surface area contributed by atoms with Crippen molar-refractivity contribution in [3.63, 3.8) is 0 Å². The van der Waals surface area contributed by atoms with E-state index in [0.29, 0.717) is 16.1 Å². The molecule has 136 valence electrons. The van der Waals surface area contributed by atoms with E-state index in [2.05, 4.69) is 16.4 Å². The van der Waals surface area contributed by atoms with Gasteiger partial charge in [0.05, 0.1) is 12.2 Å². The molecule has 6 heteroatoms. The zero-order valence-corrected chi connectivity index (χ0v) is 15.5. The van der Waals surface area contributed by atoms with E-state index < -0.39 is 11.4 Å². The topological polar surface area (TPSA) is 68.3 Å². The lowest BCUT2D eigenvalue weighted by Gasteiger charge is -2.30. The number of pyridine rings is 1. The van der Waals surface area contributed by atoms with Gasteiger partial charge in [0.15, 0.2) is 4.90 Å². The smallest absolute Gasteiger partial charge is 0.255 e. The van der Waals surface area contributed by atoms with Crippen LogP contribution in [0, 0.1) is 0 Å². The van der Waals surface area contributed by atoms with Crippen LogP contribution in [0.4, 0.5) is 11.4 Å². The molecule has 4 rings (SSSR count). The lowest BCUT2D eigenvalue weighted by Crippen LogP contribution is -2.35. The first-order valence-corrected chi connectivity index (χ1v) is 9.92. The van der Waals surface area contributed by atoms with Crippen molar-refractivity contribution in [2.45, 2.75) is 17.7 Å². The van der Waals surface area contributed by atoms with Gasteiger partial charge >= 0.3 is 0 Å². The first kappa shape index (κ1) is 17.6. The monoisotopic (exact) mass is 377 g/mol. The Hall–Kier alpha value is -2.83. The number of anilines is 2. The fraction of sp³-hybridized carbons (Fsp3) is 0.143. The van der Waals surface area contributed by atoms with E-state index in [9.17, 15) is 9.35 Å². The second kappa shape index (κ2) is 7.82. The van der Waals surface area contributed by atoms with Crippen molar-refractivity contribution in [3.8, 4) is 0 Å². The number of benzene rings is 2. The normalized spacial score (nSPS) is 14.3. The highest BCUT2D eigenvalue weighted by Crippen LogP contribution is 2.31. The first-order chi connectivity index (χ1) is 13.2. The highest BCUT2D eigenvalue weighted by Gasteiger charge is 2.28. The number of nitrogens with zero attached hydrogens (tertiary/aromatic N) is 2. The molecule has 0 saturated carbocycles. The van der Waals surface area contributed by atoms with E-state index in [0.717, 1.165) is 25.1 Å². The molecule has 1 aliphatic rings. The zero-order chi connectivity index (χ0) is 18.6. The maximum atomic E-state index is 13.1. The molecule has 3 aromatic rings. The maximum absolute atomic E-state index is 13.1. The predicted octanol–water partition coefficient (Wildman–Crippen LogP) is 3.81. The Labute approximate surface area is 161 Å². The van der Waals surface area contributed by atoms with E-state index in [1.807, 2.05) is 22.5 Å². The van der Waals surface area contributed by atoms with Gasteiger partial charge in [-0.05, 0) is 60.9 Å². The van der Waals surface area contributed by atoms with Gasteiger partial charge in [0.2, 0.25) is 0 Å². The molecule has 27 heavy (non-hydrogen) atoms. The van der Waals surface area contributed by atoms with Crippen LogP contribution in [0.3, 0.4) is 0 Å². The average molecular weight is 377 g/mol. The van der Waals surface area contributed by atoms with Crippen LogP contribution in [0.2, 0.25) is 0 Å². The summed E-state index contributed by atoms with van der Waals surface area (Å²) >= 11 is -1.30. The van der Waals surface area contributed by atoms with Gasteiger partial charge in [0, 0.05) is 23.6 Å². The van der Waals surface area contributed by atoms with E-state index >= 15 is 0 Å². The Bertz CT molecular complexity index is 932. The molecule has 0 bridgehead atoms. The number of rotatable bonds is 4. The molecule has 1 aliphatic heterocycles. The molecule has 0 saturated heterocycles. The molecule has 2 heterocycles. The fourth-order valence-electron chi connectivity index (χ4n) is 3.16. The minimum absolute atomic E-state index is 0.207. The van der Waals surface area contributed by atoms with Crippen molar-refractivity contribution < 1.29 is 9.35 Å². The van der Waals surface area contributed by atoms with Gasteiger partial charge in [-0.3, -0.25) is 9.78 Å². The number of fused-ring (bicyclic) bond motifs is 1. The van der Waals surface area contributed by atoms with Crippen LogP contribution >= 0.6 is 0 Å². The molecule has 0 radical (unpaired) electrons. The van der Waals surface area contributed by atoms with Crippen LogP contribution in [0.5, 0.6) is 0 Å². The van der Waals surface area contributed by atoms with Crippen LogP contribution < -0.4 is 9.62 Å². The third kappa shape index (κ3) is 3.82. The second-order valence-electron chi connectivity index (χ2n) is 6.30. The quantitative estimate of drug-likeness (QED) is 0.702. The van der Waals surface area contributed by atoms with Crippen molar-refractivity contribution in [1.29, 1.82) is 0 Å². The van der Waals surface area contributed by atoms with E-state index in [-0.39, 0.29) is 5.91 Å². The molecule has 0 aliphatic carbocycles. The summed E-state index contributed by atoms with van der Waals surface area (Å²) in [7, 11) is 0. The summed E-state index contributed by atoms with van der Waals surface area (Å²) in [4.78, 5) is 17.0. The molecule has 2 aromatic carbocycles. The molecular weight excluding hydrogens is 358 g/mol. The van der Waals surface area contributed by atoms with Gasteiger partial charge in [-0.1, -0.05) is 18.2 Å². The predicted molar refractivity (Wildman–Crippen MR) is 107 cm³/mol.